The second-order valence-electron chi connectivity index (χ2n) is 3.57. The van der Waals surface area contributed by atoms with E-state index in [0.717, 1.165) is 33.3 Å². The van der Waals surface area contributed by atoms with Gasteiger partial charge in [0.2, 0.25) is 5.28 Å². The molecule has 2 rings (SSSR count). The highest BCUT2D eigenvalue weighted by Gasteiger charge is 2.13. The van der Waals surface area contributed by atoms with E-state index in [4.69, 9.17) is 11.6 Å². The molecule has 0 amide bonds. The Morgan fingerprint density at radius 2 is 2.06 bits per heavy atom. The van der Waals surface area contributed by atoms with E-state index in [9.17, 15) is 0 Å². The van der Waals surface area contributed by atoms with Crippen molar-refractivity contribution >= 4 is 43.5 Å². The topological polar surface area (TPSA) is 30.7 Å². The van der Waals surface area contributed by atoms with E-state index in [1.165, 1.54) is 0 Å². The van der Waals surface area contributed by atoms with Crippen molar-refractivity contribution in [3.05, 3.63) is 38.3 Å². The molecule has 90 valence electrons. The number of aromatic nitrogens is 3. The van der Waals surface area contributed by atoms with Crippen molar-refractivity contribution < 1.29 is 0 Å². The number of hydrogen-bond acceptors (Lipinski definition) is 2. The van der Waals surface area contributed by atoms with Gasteiger partial charge in [0.25, 0.3) is 0 Å². The summed E-state index contributed by atoms with van der Waals surface area (Å²) in [5, 5.41) is 8.40. The fourth-order valence-corrected chi connectivity index (χ4v) is 3.03. The van der Waals surface area contributed by atoms with Gasteiger partial charge >= 0.3 is 0 Å². The number of nitrogens with zero attached hydrogens (tertiary/aromatic N) is 3. The van der Waals surface area contributed by atoms with Crippen LogP contribution in [0.4, 0.5) is 0 Å². The fourth-order valence-electron chi connectivity index (χ4n) is 1.58. The van der Waals surface area contributed by atoms with E-state index in [0.29, 0.717) is 5.28 Å². The third-order valence-electron chi connectivity index (χ3n) is 2.31. The number of hydrogen-bond donors (Lipinski definition) is 0. The summed E-state index contributed by atoms with van der Waals surface area (Å²) in [5.41, 5.74) is 0.951. The van der Waals surface area contributed by atoms with E-state index in [1.54, 1.807) is 0 Å². The molecular formula is C11H10Br2ClN3. The van der Waals surface area contributed by atoms with Crippen LogP contribution in [0.2, 0.25) is 5.28 Å². The Bertz CT molecular complexity index is 540. The molecule has 0 bridgehead atoms. The van der Waals surface area contributed by atoms with E-state index in [2.05, 4.69) is 49.0 Å². The normalized spacial score (nSPS) is 10.8. The SMILES string of the molecule is CCCc1nnc(Cl)n1-c1ccc(Br)cc1Br. The third kappa shape index (κ3) is 2.72. The summed E-state index contributed by atoms with van der Waals surface area (Å²) >= 11 is 13.0. The van der Waals surface area contributed by atoms with Crippen molar-refractivity contribution in [2.75, 3.05) is 0 Å². The predicted molar refractivity (Wildman–Crippen MR) is 75.8 cm³/mol. The molecule has 1 heterocycles. The van der Waals surface area contributed by atoms with Crippen LogP contribution in [-0.4, -0.2) is 14.8 Å². The van der Waals surface area contributed by atoms with Crippen LogP contribution in [0.1, 0.15) is 19.2 Å². The zero-order valence-corrected chi connectivity index (χ0v) is 13.0. The van der Waals surface area contributed by atoms with Crippen molar-refractivity contribution in [1.29, 1.82) is 0 Å². The highest BCUT2D eigenvalue weighted by molar-refractivity contribution is 9.11. The Hall–Kier alpha value is -0.390. The smallest absolute Gasteiger partial charge is 0.229 e. The average molecular weight is 379 g/mol. The minimum Gasteiger partial charge on any atom is -0.269 e. The lowest BCUT2D eigenvalue weighted by atomic mass is 10.3. The van der Waals surface area contributed by atoms with Crippen molar-refractivity contribution in [3.8, 4) is 5.69 Å². The summed E-state index contributed by atoms with van der Waals surface area (Å²) < 4.78 is 3.82. The van der Waals surface area contributed by atoms with Gasteiger partial charge in [0.05, 0.1) is 5.69 Å². The summed E-state index contributed by atoms with van der Waals surface area (Å²) in [7, 11) is 0. The second-order valence-corrected chi connectivity index (χ2v) is 5.67. The summed E-state index contributed by atoms with van der Waals surface area (Å²) in [5.74, 6) is 0.875. The van der Waals surface area contributed by atoms with Gasteiger partial charge in [0, 0.05) is 15.4 Å². The molecule has 1 aromatic heterocycles. The highest BCUT2D eigenvalue weighted by atomic mass is 79.9. The molecule has 0 atom stereocenters. The molecule has 1 aromatic carbocycles. The van der Waals surface area contributed by atoms with Crippen molar-refractivity contribution in [2.45, 2.75) is 19.8 Å². The van der Waals surface area contributed by atoms with Gasteiger partial charge in [-0.3, -0.25) is 4.57 Å². The number of aryl methyl sites for hydroxylation is 1. The zero-order chi connectivity index (χ0) is 12.4. The van der Waals surface area contributed by atoms with Gasteiger partial charge in [-0.05, 0) is 52.2 Å². The van der Waals surface area contributed by atoms with Crippen molar-refractivity contribution in [2.24, 2.45) is 0 Å². The van der Waals surface area contributed by atoms with Gasteiger partial charge in [-0.15, -0.1) is 10.2 Å². The minimum absolute atomic E-state index is 0.386. The van der Waals surface area contributed by atoms with Gasteiger partial charge in [0.15, 0.2) is 0 Å². The summed E-state index contributed by atoms with van der Waals surface area (Å²) in [6.07, 6.45) is 1.85. The molecule has 17 heavy (non-hydrogen) atoms. The molecule has 0 unspecified atom stereocenters. The number of benzene rings is 1. The van der Waals surface area contributed by atoms with Gasteiger partial charge in [-0.1, -0.05) is 22.9 Å². The monoisotopic (exact) mass is 377 g/mol. The van der Waals surface area contributed by atoms with Gasteiger partial charge in [-0.25, -0.2) is 0 Å². The largest absolute Gasteiger partial charge is 0.269 e. The van der Waals surface area contributed by atoms with Gasteiger partial charge in [0.1, 0.15) is 5.82 Å². The molecular weight excluding hydrogens is 369 g/mol. The first-order valence-electron chi connectivity index (χ1n) is 5.18. The molecule has 2 aromatic rings. The van der Waals surface area contributed by atoms with Crippen LogP contribution in [0.25, 0.3) is 5.69 Å². The maximum atomic E-state index is 6.08. The van der Waals surface area contributed by atoms with Gasteiger partial charge < -0.3 is 0 Å². The molecule has 6 heteroatoms. The standard InChI is InChI=1S/C11H10Br2ClN3/c1-2-3-10-15-16-11(14)17(10)9-5-4-7(12)6-8(9)13/h4-6H,2-3H2,1H3. The van der Waals surface area contributed by atoms with E-state index in [-0.39, 0.29) is 0 Å². The predicted octanol–water partition coefficient (Wildman–Crippen LogP) is 4.40. The number of halogens is 3. The van der Waals surface area contributed by atoms with Crippen LogP contribution in [0, 0.1) is 0 Å². The lowest BCUT2D eigenvalue weighted by Crippen LogP contribution is -2.02. The summed E-state index contributed by atoms with van der Waals surface area (Å²) in [6, 6.07) is 5.91. The van der Waals surface area contributed by atoms with Crippen LogP contribution < -0.4 is 0 Å². The van der Waals surface area contributed by atoms with Crippen LogP contribution in [0.3, 0.4) is 0 Å². The molecule has 0 radical (unpaired) electrons. The molecule has 0 aliphatic rings. The molecule has 0 aliphatic heterocycles. The first-order valence-corrected chi connectivity index (χ1v) is 7.15. The van der Waals surface area contributed by atoms with Gasteiger partial charge in [-0.2, -0.15) is 0 Å². The highest BCUT2D eigenvalue weighted by Crippen LogP contribution is 2.28. The molecule has 0 spiro atoms. The van der Waals surface area contributed by atoms with Crippen LogP contribution in [-0.2, 0) is 6.42 Å². The first-order chi connectivity index (χ1) is 8.13. The molecule has 0 aliphatic carbocycles. The lowest BCUT2D eigenvalue weighted by molar-refractivity contribution is 0.801. The van der Waals surface area contributed by atoms with E-state index >= 15 is 0 Å². The molecule has 0 saturated carbocycles. The Morgan fingerprint density at radius 1 is 1.29 bits per heavy atom. The Morgan fingerprint density at radius 3 is 2.71 bits per heavy atom. The van der Waals surface area contributed by atoms with Crippen LogP contribution in [0.15, 0.2) is 27.1 Å². The first kappa shape index (κ1) is 13.1. The summed E-state index contributed by atoms with van der Waals surface area (Å²) in [4.78, 5) is 0. The summed E-state index contributed by atoms with van der Waals surface area (Å²) in [6.45, 7) is 2.10. The third-order valence-corrected chi connectivity index (χ3v) is 3.69. The van der Waals surface area contributed by atoms with Crippen molar-refractivity contribution in [1.82, 2.24) is 14.8 Å². The van der Waals surface area contributed by atoms with Crippen molar-refractivity contribution in [3.63, 3.8) is 0 Å². The number of rotatable bonds is 3. The molecule has 0 fully saturated rings. The van der Waals surface area contributed by atoms with Crippen LogP contribution >= 0.6 is 43.5 Å². The van der Waals surface area contributed by atoms with E-state index in [1.807, 2.05) is 22.8 Å². The maximum absolute atomic E-state index is 6.08. The zero-order valence-electron chi connectivity index (χ0n) is 9.12. The second kappa shape index (κ2) is 5.50. The average Bonchev–Trinajstić information content (AvgIpc) is 2.62. The fraction of sp³-hybridized carbons (Fsp3) is 0.273. The van der Waals surface area contributed by atoms with E-state index < -0.39 is 0 Å². The van der Waals surface area contributed by atoms with Crippen LogP contribution in [0.5, 0.6) is 0 Å². The molecule has 0 N–H and O–H groups in total. The minimum atomic E-state index is 0.386. The lowest BCUT2D eigenvalue weighted by Gasteiger charge is -2.09. The Labute approximate surface area is 121 Å². The molecule has 3 nitrogen and oxygen atoms in total. The Balaban J connectivity index is 2.55. The quantitative estimate of drug-likeness (QED) is 0.791. The Kier molecular flexibility index (Phi) is 4.22. The maximum Gasteiger partial charge on any atom is 0.229 e. The molecule has 0 saturated heterocycles.